The molecule has 1 atom stereocenters. The van der Waals surface area contributed by atoms with E-state index in [1.54, 1.807) is 0 Å². The Morgan fingerprint density at radius 3 is 2.27 bits per heavy atom. The van der Waals surface area contributed by atoms with Crippen LogP contribution in [0, 0.1) is 0 Å². The summed E-state index contributed by atoms with van der Waals surface area (Å²) in [6, 6.07) is 0. The summed E-state index contributed by atoms with van der Waals surface area (Å²) in [6.07, 6.45) is -0.847. The minimum atomic E-state index is -3.18. The van der Waals surface area contributed by atoms with Crippen molar-refractivity contribution < 1.29 is 23.4 Å². The Kier molecular flexibility index (Phi) is 3.47. The fourth-order valence-electron chi connectivity index (χ4n) is 0.449. The van der Waals surface area contributed by atoms with Crippen molar-refractivity contribution in [2.45, 2.75) is 12.5 Å². The molecule has 0 unspecified atom stereocenters. The van der Waals surface area contributed by atoms with Gasteiger partial charge in [-0.05, 0) is 6.42 Å². The third-order valence-electron chi connectivity index (χ3n) is 1.05. The van der Waals surface area contributed by atoms with Crippen molar-refractivity contribution in [3.63, 3.8) is 0 Å². The van der Waals surface area contributed by atoms with E-state index in [4.69, 9.17) is 10.2 Å². The average molecular weight is 182 g/mol. The molecule has 0 aromatic rings. The van der Waals surface area contributed by atoms with Gasteiger partial charge in [-0.2, -0.15) is 0 Å². The summed E-state index contributed by atoms with van der Waals surface area (Å²) in [6.45, 7) is 0. The predicted octanol–water partition coefficient (Wildman–Crippen LogP) is -1.13. The predicted molar refractivity (Wildman–Crippen MR) is 38.0 cm³/mol. The first-order valence-corrected chi connectivity index (χ1v) is 4.97. The fourth-order valence-corrected chi connectivity index (χ4v) is 1.10. The van der Waals surface area contributed by atoms with Crippen molar-refractivity contribution in [1.29, 1.82) is 0 Å². The van der Waals surface area contributed by atoms with Crippen LogP contribution < -0.4 is 0 Å². The second-order valence-electron chi connectivity index (χ2n) is 2.27. The fraction of sp³-hybridized carbons (Fsp3) is 0.800. The number of carboxylic acid groups (broad SMARTS) is 1. The third kappa shape index (κ3) is 5.81. The number of aliphatic carboxylic acids is 1. The van der Waals surface area contributed by atoms with Gasteiger partial charge in [0.1, 0.15) is 9.84 Å². The highest BCUT2D eigenvalue weighted by Crippen LogP contribution is 1.95. The first kappa shape index (κ1) is 10.4. The summed E-state index contributed by atoms with van der Waals surface area (Å²) in [7, 11) is -3.18. The average Bonchev–Trinajstić information content (AvgIpc) is 1.80. The van der Waals surface area contributed by atoms with E-state index in [0.717, 1.165) is 6.26 Å². The number of aliphatic hydroxyl groups is 1. The maximum absolute atomic E-state index is 10.5. The zero-order valence-corrected chi connectivity index (χ0v) is 6.84. The van der Waals surface area contributed by atoms with Gasteiger partial charge in [0.25, 0.3) is 0 Å². The first-order chi connectivity index (χ1) is 4.83. The van der Waals surface area contributed by atoms with Crippen molar-refractivity contribution in [2.24, 2.45) is 0 Å². The monoisotopic (exact) mass is 182 g/mol. The van der Waals surface area contributed by atoms with Gasteiger partial charge < -0.3 is 10.2 Å². The maximum atomic E-state index is 10.5. The highest BCUT2D eigenvalue weighted by Gasteiger charge is 2.15. The van der Waals surface area contributed by atoms with E-state index in [-0.39, 0.29) is 12.2 Å². The molecule has 0 rings (SSSR count). The van der Waals surface area contributed by atoms with Crippen LogP contribution in [0.25, 0.3) is 0 Å². The topological polar surface area (TPSA) is 91.7 Å². The Balaban J connectivity index is 3.82. The van der Waals surface area contributed by atoms with E-state index >= 15 is 0 Å². The minimum Gasteiger partial charge on any atom is -0.479 e. The molecule has 0 saturated carbocycles. The van der Waals surface area contributed by atoms with Gasteiger partial charge >= 0.3 is 5.97 Å². The number of aliphatic hydroxyl groups excluding tert-OH is 1. The standard InChI is InChI=1S/C5H10O5S/c1-11(9,10)3-2-4(6)5(7)8/h4,6H,2-3H2,1H3,(H,7,8)/t4-/m0/s1. The Bertz CT molecular complexity index is 229. The van der Waals surface area contributed by atoms with E-state index in [2.05, 4.69) is 0 Å². The lowest BCUT2D eigenvalue weighted by Gasteiger charge is -2.02. The van der Waals surface area contributed by atoms with Crippen molar-refractivity contribution in [2.75, 3.05) is 12.0 Å². The van der Waals surface area contributed by atoms with E-state index in [0.29, 0.717) is 0 Å². The number of carbonyl (C=O) groups is 1. The molecule has 0 amide bonds. The van der Waals surface area contributed by atoms with Crippen LogP contribution in [0.15, 0.2) is 0 Å². The second-order valence-corrected chi connectivity index (χ2v) is 4.53. The number of carboxylic acids is 1. The molecule has 0 fully saturated rings. The van der Waals surface area contributed by atoms with Crippen LogP contribution in [0.1, 0.15) is 6.42 Å². The third-order valence-corrected chi connectivity index (χ3v) is 2.02. The molecule has 0 aliphatic rings. The molecule has 11 heavy (non-hydrogen) atoms. The normalized spacial score (nSPS) is 14.4. The molecule has 0 aliphatic heterocycles. The van der Waals surface area contributed by atoms with Gasteiger partial charge in [-0.25, -0.2) is 13.2 Å². The Hall–Kier alpha value is -0.620. The van der Waals surface area contributed by atoms with E-state index in [9.17, 15) is 13.2 Å². The van der Waals surface area contributed by atoms with Crippen molar-refractivity contribution in [3.05, 3.63) is 0 Å². The van der Waals surface area contributed by atoms with Gasteiger partial charge in [0.2, 0.25) is 0 Å². The Morgan fingerprint density at radius 2 is 2.00 bits per heavy atom. The van der Waals surface area contributed by atoms with Gasteiger partial charge in [0.05, 0.1) is 5.75 Å². The summed E-state index contributed by atoms with van der Waals surface area (Å²) in [4.78, 5) is 9.97. The van der Waals surface area contributed by atoms with E-state index in [1.807, 2.05) is 0 Å². The van der Waals surface area contributed by atoms with Gasteiger partial charge in [0.15, 0.2) is 6.10 Å². The summed E-state index contributed by atoms with van der Waals surface area (Å²) in [5.41, 5.74) is 0. The van der Waals surface area contributed by atoms with Crippen molar-refractivity contribution in [3.8, 4) is 0 Å². The summed E-state index contributed by atoms with van der Waals surface area (Å²) in [5.74, 6) is -1.70. The Morgan fingerprint density at radius 1 is 1.55 bits per heavy atom. The lowest BCUT2D eigenvalue weighted by molar-refractivity contribution is -0.146. The van der Waals surface area contributed by atoms with E-state index in [1.165, 1.54) is 0 Å². The first-order valence-electron chi connectivity index (χ1n) is 2.91. The molecule has 0 aromatic heterocycles. The highest BCUT2D eigenvalue weighted by atomic mass is 32.2. The van der Waals surface area contributed by atoms with Gasteiger partial charge in [-0.15, -0.1) is 0 Å². The minimum absolute atomic E-state index is 0.256. The van der Waals surface area contributed by atoms with Gasteiger partial charge in [-0.1, -0.05) is 0 Å². The van der Waals surface area contributed by atoms with Crippen LogP contribution in [0.3, 0.4) is 0 Å². The zero-order chi connectivity index (χ0) is 9.07. The summed E-state index contributed by atoms with van der Waals surface area (Å²) >= 11 is 0. The van der Waals surface area contributed by atoms with Crippen LogP contribution >= 0.6 is 0 Å². The molecular weight excluding hydrogens is 172 g/mol. The van der Waals surface area contributed by atoms with Crippen LogP contribution in [0.4, 0.5) is 0 Å². The lowest BCUT2D eigenvalue weighted by Crippen LogP contribution is -2.22. The quantitative estimate of drug-likeness (QED) is 0.573. The zero-order valence-electron chi connectivity index (χ0n) is 6.02. The second kappa shape index (κ2) is 3.68. The molecule has 0 heterocycles. The van der Waals surface area contributed by atoms with Gasteiger partial charge in [-0.3, -0.25) is 0 Å². The Labute approximate surface area is 64.6 Å². The van der Waals surface area contributed by atoms with Crippen LogP contribution in [-0.4, -0.2) is 42.7 Å². The molecule has 2 N–H and O–H groups in total. The van der Waals surface area contributed by atoms with Crippen molar-refractivity contribution >= 4 is 15.8 Å². The molecule has 0 aliphatic carbocycles. The number of rotatable bonds is 4. The molecular formula is C5H10O5S. The molecule has 0 spiro atoms. The van der Waals surface area contributed by atoms with Gasteiger partial charge in [0, 0.05) is 6.26 Å². The van der Waals surface area contributed by atoms with Crippen LogP contribution in [-0.2, 0) is 14.6 Å². The molecule has 0 aromatic carbocycles. The van der Waals surface area contributed by atoms with E-state index < -0.39 is 21.9 Å². The number of hydrogen-bond acceptors (Lipinski definition) is 4. The largest absolute Gasteiger partial charge is 0.479 e. The molecule has 0 saturated heterocycles. The number of sulfone groups is 1. The van der Waals surface area contributed by atoms with Crippen LogP contribution in [0.5, 0.6) is 0 Å². The highest BCUT2D eigenvalue weighted by molar-refractivity contribution is 7.90. The van der Waals surface area contributed by atoms with Crippen LogP contribution in [0.2, 0.25) is 0 Å². The molecule has 0 bridgehead atoms. The number of hydrogen-bond donors (Lipinski definition) is 2. The SMILES string of the molecule is CS(=O)(=O)CC[C@H](O)C(=O)O. The molecule has 66 valence electrons. The van der Waals surface area contributed by atoms with Crippen molar-refractivity contribution in [1.82, 2.24) is 0 Å². The summed E-state index contributed by atoms with van der Waals surface area (Å²) in [5, 5.41) is 16.8. The maximum Gasteiger partial charge on any atom is 0.332 e. The molecule has 0 radical (unpaired) electrons. The molecule has 6 heteroatoms. The lowest BCUT2D eigenvalue weighted by atomic mass is 10.3. The summed E-state index contributed by atoms with van der Waals surface area (Å²) < 4.78 is 20.9. The smallest absolute Gasteiger partial charge is 0.332 e. The molecule has 5 nitrogen and oxygen atoms in total.